The van der Waals surface area contributed by atoms with Gasteiger partial charge in [-0.2, -0.15) is 0 Å². The van der Waals surface area contributed by atoms with E-state index in [1.54, 1.807) is 6.07 Å². The van der Waals surface area contributed by atoms with Crippen LogP contribution in [-0.4, -0.2) is 15.9 Å². The summed E-state index contributed by atoms with van der Waals surface area (Å²) in [5, 5.41) is 0.594. The number of imidazole rings is 1. The number of aromatic amines is 1. The van der Waals surface area contributed by atoms with Crippen molar-refractivity contribution in [3.63, 3.8) is 0 Å². The van der Waals surface area contributed by atoms with Crippen molar-refractivity contribution in [1.29, 1.82) is 0 Å². The Morgan fingerprint density at radius 2 is 2.00 bits per heavy atom. The molecule has 0 unspecified atom stereocenters. The zero-order valence-electron chi connectivity index (χ0n) is 9.72. The van der Waals surface area contributed by atoms with Crippen molar-refractivity contribution < 1.29 is 8.78 Å². The molecule has 1 N–H and O–H groups in total. The number of fused-ring (bicyclic) bond motifs is 1. The van der Waals surface area contributed by atoms with Crippen LogP contribution in [0.15, 0.2) is 18.2 Å². The maximum atomic E-state index is 13.1. The Morgan fingerprint density at radius 1 is 1.28 bits per heavy atom. The molecule has 0 radical (unpaired) electrons. The van der Waals surface area contributed by atoms with Crippen LogP contribution >= 0.6 is 11.6 Å². The zero-order chi connectivity index (χ0) is 12.8. The SMILES string of the molecule is FC1(F)CCC(c2nc3c(Cl)cccc3[nH]2)CC1. The van der Waals surface area contributed by atoms with E-state index in [1.807, 2.05) is 12.1 Å². The molecule has 0 atom stereocenters. The van der Waals surface area contributed by atoms with Crippen LogP contribution in [0.4, 0.5) is 8.78 Å². The van der Waals surface area contributed by atoms with Gasteiger partial charge in [0.25, 0.3) is 0 Å². The molecule has 0 amide bonds. The summed E-state index contributed by atoms with van der Waals surface area (Å²) < 4.78 is 26.2. The fourth-order valence-electron chi connectivity index (χ4n) is 2.52. The number of halogens is 3. The molecule has 1 aliphatic rings. The molecule has 3 rings (SSSR count). The van der Waals surface area contributed by atoms with Crippen LogP contribution in [0.3, 0.4) is 0 Å². The molecule has 0 saturated heterocycles. The Hall–Kier alpha value is -1.16. The minimum absolute atomic E-state index is 0.0531. The third-order valence-corrected chi connectivity index (χ3v) is 3.89. The van der Waals surface area contributed by atoms with Crippen molar-refractivity contribution in [3.05, 3.63) is 29.0 Å². The lowest BCUT2D eigenvalue weighted by Gasteiger charge is -2.26. The van der Waals surface area contributed by atoms with Crippen LogP contribution < -0.4 is 0 Å². The number of para-hydroxylation sites is 1. The molecule has 1 aromatic heterocycles. The third-order valence-electron chi connectivity index (χ3n) is 3.59. The molecule has 1 heterocycles. The molecule has 0 aliphatic heterocycles. The van der Waals surface area contributed by atoms with E-state index in [-0.39, 0.29) is 18.8 Å². The zero-order valence-corrected chi connectivity index (χ0v) is 10.5. The van der Waals surface area contributed by atoms with Gasteiger partial charge in [-0.25, -0.2) is 13.8 Å². The van der Waals surface area contributed by atoms with Gasteiger partial charge in [0.1, 0.15) is 11.3 Å². The van der Waals surface area contributed by atoms with Crippen molar-refractivity contribution in [2.24, 2.45) is 0 Å². The van der Waals surface area contributed by atoms with Gasteiger partial charge in [-0.1, -0.05) is 17.7 Å². The second-order valence-electron chi connectivity index (χ2n) is 4.89. The molecule has 96 valence electrons. The van der Waals surface area contributed by atoms with E-state index in [0.29, 0.717) is 17.9 Å². The summed E-state index contributed by atoms with van der Waals surface area (Å²) in [6.07, 6.45) is 0.847. The maximum absolute atomic E-state index is 13.1. The smallest absolute Gasteiger partial charge is 0.248 e. The average Bonchev–Trinajstić information content (AvgIpc) is 2.74. The van der Waals surface area contributed by atoms with E-state index >= 15 is 0 Å². The van der Waals surface area contributed by atoms with E-state index in [2.05, 4.69) is 9.97 Å². The Kier molecular flexibility index (Phi) is 2.77. The van der Waals surface area contributed by atoms with Crippen LogP contribution in [0.1, 0.15) is 37.4 Å². The summed E-state index contributed by atoms with van der Waals surface area (Å²) >= 11 is 6.05. The third kappa shape index (κ3) is 2.09. The van der Waals surface area contributed by atoms with Crippen molar-refractivity contribution in [1.82, 2.24) is 9.97 Å². The van der Waals surface area contributed by atoms with Gasteiger partial charge in [-0.05, 0) is 25.0 Å². The Balaban J connectivity index is 1.89. The highest BCUT2D eigenvalue weighted by molar-refractivity contribution is 6.34. The Morgan fingerprint density at radius 3 is 2.67 bits per heavy atom. The molecule has 2 aromatic rings. The predicted octanol–water partition coefficient (Wildman–Crippen LogP) is 4.51. The lowest BCUT2D eigenvalue weighted by molar-refractivity contribution is -0.0387. The molecule has 1 fully saturated rings. The molecule has 0 spiro atoms. The largest absolute Gasteiger partial charge is 0.342 e. The monoisotopic (exact) mass is 270 g/mol. The number of nitrogens with one attached hydrogen (secondary N) is 1. The van der Waals surface area contributed by atoms with Gasteiger partial charge in [0, 0.05) is 18.8 Å². The molecule has 1 aromatic carbocycles. The van der Waals surface area contributed by atoms with Gasteiger partial charge < -0.3 is 4.98 Å². The molecule has 18 heavy (non-hydrogen) atoms. The Labute approximate surface area is 108 Å². The highest BCUT2D eigenvalue weighted by atomic mass is 35.5. The summed E-state index contributed by atoms with van der Waals surface area (Å²) in [7, 11) is 0. The molecule has 0 bridgehead atoms. The lowest BCUT2D eigenvalue weighted by Crippen LogP contribution is -2.24. The van der Waals surface area contributed by atoms with Gasteiger partial charge in [0.2, 0.25) is 5.92 Å². The number of H-pyrrole nitrogens is 1. The highest BCUT2D eigenvalue weighted by Gasteiger charge is 2.36. The number of hydrogen-bond donors (Lipinski definition) is 1. The van der Waals surface area contributed by atoms with Crippen LogP contribution in [0.25, 0.3) is 11.0 Å². The van der Waals surface area contributed by atoms with Crippen LogP contribution in [0.2, 0.25) is 5.02 Å². The molecule has 2 nitrogen and oxygen atoms in total. The van der Waals surface area contributed by atoms with Crippen LogP contribution in [0, 0.1) is 0 Å². The van der Waals surface area contributed by atoms with Crippen LogP contribution in [0.5, 0.6) is 0 Å². The minimum atomic E-state index is -2.50. The summed E-state index contributed by atoms with van der Waals surface area (Å²) in [4.78, 5) is 7.64. The number of hydrogen-bond acceptors (Lipinski definition) is 1. The van der Waals surface area contributed by atoms with Crippen LogP contribution in [-0.2, 0) is 0 Å². The number of benzene rings is 1. The number of nitrogens with zero attached hydrogens (tertiary/aromatic N) is 1. The second-order valence-corrected chi connectivity index (χ2v) is 5.30. The normalized spacial score (nSPS) is 20.4. The summed E-state index contributed by atoms with van der Waals surface area (Å²) in [5.41, 5.74) is 1.60. The summed E-state index contributed by atoms with van der Waals surface area (Å²) in [6.45, 7) is 0. The topological polar surface area (TPSA) is 28.7 Å². The van der Waals surface area contributed by atoms with E-state index in [9.17, 15) is 8.78 Å². The first-order valence-corrected chi connectivity index (χ1v) is 6.45. The first kappa shape index (κ1) is 11.9. The maximum Gasteiger partial charge on any atom is 0.248 e. The molecular formula is C13H13ClF2N2. The first-order chi connectivity index (χ1) is 8.55. The quantitative estimate of drug-likeness (QED) is 0.811. The second kappa shape index (κ2) is 4.19. The molecule has 1 saturated carbocycles. The minimum Gasteiger partial charge on any atom is -0.342 e. The fraction of sp³-hybridized carbons (Fsp3) is 0.462. The summed E-state index contributed by atoms with van der Waals surface area (Å²) in [6, 6.07) is 5.53. The van der Waals surface area contributed by atoms with Crippen molar-refractivity contribution in [2.45, 2.75) is 37.5 Å². The first-order valence-electron chi connectivity index (χ1n) is 6.07. The standard InChI is InChI=1S/C13H13ClF2N2/c14-9-2-1-3-10-11(9)18-12(17-10)8-4-6-13(15,16)7-5-8/h1-3,8H,4-7H2,(H,17,18). The molecular weight excluding hydrogens is 258 g/mol. The molecule has 1 aliphatic carbocycles. The average molecular weight is 271 g/mol. The number of alkyl halides is 2. The van der Waals surface area contributed by atoms with Crippen molar-refractivity contribution in [2.75, 3.05) is 0 Å². The lowest BCUT2D eigenvalue weighted by atomic mass is 9.86. The fourth-order valence-corrected chi connectivity index (χ4v) is 2.74. The summed E-state index contributed by atoms with van der Waals surface area (Å²) in [5.74, 6) is -1.62. The number of aromatic nitrogens is 2. The molecule has 5 heteroatoms. The van der Waals surface area contributed by atoms with E-state index in [0.717, 1.165) is 16.9 Å². The number of rotatable bonds is 1. The van der Waals surface area contributed by atoms with Gasteiger partial charge in [0.15, 0.2) is 0 Å². The van der Waals surface area contributed by atoms with Gasteiger partial charge in [-0.3, -0.25) is 0 Å². The van der Waals surface area contributed by atoms with E-state index in [1.165, 1.54) is 0 Å². The van der Waals surface area contributed by atoms with E-state index < -0.39 is 5.92 Å². The van der Waals surface area contributed by atoms with Crippen molar-refractivity contribution in [3.8, 4) is 0 Å². The van der Waals surface area contributed by atoms with E-state index in [4.69, 9.17) is 11.6 Å². The highest BCUT2D eigenvalue weighted by Crippen LogP contribution is 2.40. The Bertz CT molecular complexity index is 569. The van der Waals surface area contributed by atoms with Gasteiger partial charge in [-0.15, -0.1) is 0 Å². The van der Waals surface area contributed by atoms with Gasteiger partial charge in [0.05, 0.1) is 10.5 Å². The van der Waals surface area contributed by atoms with Crippen molar-refractivity contribution >= 4 is 22.6 Å². The predicted molar refractivity (Wildman–Crippen MR) is 67.3 cm³/mol. The van der Waals surface area contributed by atoms with Gasteiger partial charge >= 0.3 is 0 Å².